The molecule has 0 amide bonds. The summed E-state index contributed by atoms with van der Waals surface area (Å²) in [4.78, 5) is 2.46. The highest BCUT2D eigenvalue weighted by Crippen LogP contribution is 2.57. The number of aromatic nitrogens is 1. The molecular weight excluding hydrogens is 793 g/mol. The van der Waals surface area contributed by atoms with E-state index in [0.29, 0.717) is 0 Å². The van der Waals surface area contributed by atoms with E-state index in [1.165, 1.54) is 80.9 Å². The first-order valence-electron chi connectivity index (χ1n) is 22.0. The number of nitrogens with zero attached hydrogens (tertiary/aromatic N) is 2. The molecule has 3 heteroatoms. The van der Waals surface area contributed by atoms with Crippen molar-refractivity contribution in [2.75, 3.05) is 4.90 Å². The Morgan fingerprint density at radius 2 is 0.906 bits per heavy atom. The maximum atomic E-state index is 2.47. The van der Waals surface area contributed by atoms with Crippen LogP contribution in [0, 0.1) is 0 Å². The van der Waals surface area contributed by atoms with Gasteiger partial charge in [-0.15, -0.1) is 11.3 Å². The molecule has 0 spiro atoms. The van der Waals surface area contributed by atoms with E-state index in [1.54, 1.807) is 0 Å². The van der Waals surface area contributed by atoms with Gasteiger partial charge in [0.25, 0.3) is 0 Å². The van der Waals surface area contributed by atoms with Crippen molar-refractivity contribution in [2.45, 2.75) is 5.41 Å². The van der Waals surface area contributed by atoms with Crippen LogP contribution < -0.4 is 4.90 Å². The van der Waals surface area contributed by atoms with Gasteiger partial charge in [-0.25, -0.2) is 0 Å². The zero-order chi connectivity index (χ0) is 42.2. The van der Waals surface area contributed by atoms with Gasteiger partial charge in [-0.05, 0) is 117 Å². The Morgan fingerprint density at radius 1 is 0.344 bits per heavy atom. The van der Waals surface area contributed by atoms with E-state index in [0.717, 1.165) is 28.3 Å². The van der Waals surface area contributed by atoms with Crippen LogP contribution in [0.5, 0.6) is 0 Å². The summed E-state index contributed by atoms with van der Waals surface area (Å²) in [5, 5.41) is 5.10. The molecule has 0 bridgehead atoms. The summed E-state index contributed by atoms with van der Waals surface area (Å²) in [7, 11) is 0. The fourth-order valence-electron chi connectivity index (χ4n) is 10.7. The fourth-order valence-corrected chi connectivity index (χ4v) is 11.8. The van der Waals surface area contributed by atoms with Crippen LogP contribution in [0.15, 0.2) is 243 Å². The third-order valence-corrected chi connectivity index (χ3v) is 14.6. The monoisotopic (exact) mass is 832 g/mol. The summed E-state index contributed by atoms with van der Waals surface area (Å²) in [6, 6.07) is 89.6. The molecule has 0 unspecified atom stereocenters. The van der Waals surface area contributed by atoms with Crippen molar-refractivity contribution < 1.29 is 0 Å². The minimum atomic E-state index is -0.510. The highest BCUT2D eigenvalue weighted by atomic mass is 32.1. The van der Waals surface area contributed by atoms with Crippen molar-refractivity contribution >= 4 is 70.4 Å². The topological polar surface area (TPSA) is 8.17 Å². The SMILES string of the molecule is c1ccc(C2(c3ccccc3)c3ccccc3-c3ccc(N(c4cccc(-c5ccc(-n6c7ccccc7c7ccccc76)cc5)c4)c4ccc5sc6ccccc6c5c4)cc32)cc1. The number of hydrogen-bond acceptors (Lipinski definition) is 2. The predicted octanol–water partition coefficient (Wildman–Crippen LogP) is 16.7. The average Bonchev–Trinajstić information content (AvgIpc) is 4.01. The van der Waals surface area contributed by atoms with E-state index < -0.39 is 5.41 Å². The van der Waals surface area contributed by atoms with Gasteiger partial charge in [0, 0.05) is 53.7 Å². The highest BCUT2D eigenvalue weighted by Gasteiger charge is 2.46. The first-order chi connectivity index (χ1) is 31.7. The summed E-state index contributed by atoms with van der Waals surface area (Å²) in [6.45, 7) is 0. The van der Waals surface area contributed by atoms with Crippen LogP contribution in [0.1, 0.15) is 22.3 Å². The quantitative estimate of drug-likeness (QED) is 0.155. The fraction of sp³-hybridized carbons (Fsp3) is 0.0164. The van der Waals surface area contributed by atoms with Gasteiger partial charge in [0.05, 0.1) is 16.4 Å². The zero-order valence-corrected chi connectivity index (χ0v) is 35.7. The van der Waals surface area contributed by atoms with E-state index in [9.17, 15) is 0 Å². The molecular formula is C61H40N2S. The van der Waals surface area contributed by atoms with E-state index in [4.69, 9.17) is 0 Å². The summed E-state index contributed by atoms with van der Waals surface area (Å²) >= 11 is 1.86. The van der Waals surface area contributed by atoms with Crippen LogP contribution in [0.4, 0.5) is 17.1 Å². The number of benzene rings is 10. The summed E-state index contributed by atoms with van der Waals surface area (Å²) in [5.74, 6) is 0. The molecule has 1 aliphatic carbocycles. The molecule has 0 N–H and O–H groups in total. The highest BCUT2D eigenvalue weighted by molar-refractivity contribution is 7.25. The van der Waals surface area contributed by atoms with Gasteiger partial charge in [-0.1, -0.05) is 170 Å². The van der Waals surface area contributed by atoms with E-state index in [1.807, 2.05) is 11.3 Å². The minimum absolute atomic E-state index is 0.510. The average molecular weight is 833 g/mol. The first kappa shape index (κ1) is 36.7. The molecule has 10 aromatic carbocycles. The van der Waals surface area contributed by atoms with Crippen molar-refractivity contribution in [3.05, 3.63) is 265 Å². The van der Waals surface area contributed by atoms with Crippen molar-refractivity contribution in [3.63, 3.8) is 0 Å². The van der Waals surface area contributed by atoms with Gasteiger partial charge in [0.15, 0.2) is 0 Å². The minimum Gasteiger partial charge on any atom is -0.310 e. The molecule has 0 aliphatic heterocycles. The van der Waals surface area contributed by atoms with E-state index >= 15 is 0 Å². The Hall–Kier alpha value is -7.98. The Bertz CT molecular complexity index is 3640. The number of fused-ring (bicyclic) bond motifs is 9. The van der Waals surface area contributed by atoms with Crippen LogP contribution in [-0.4, -0.2) is 4.57 Å². The number of hydrogen-bond donors (Lipinski definition) is 0. The van der Waals surface area contributed by atoms with Crippen molar-refractivity contribution in [2.24, 2.45) is 0 Å². The normalized spacial score (nSPS) is 12.8. The first-order valence-corrected chi connectivity index (χ1v) is 22.8. The number of para-hydroxylation sites is 2. The van der Waals surface area contributed by atoms with Gasteiger partial charge in [-0.3, -0.25) is 0 Å². The number of anilines is 3. The molecule has 0 fully saturated rings. The molecule has 0 saturated carbocycles. The van der Waals surface area contributed by atoms with Gasteiger partial charge in [0.2, 0.25) is 0 Å². The molecule has 300 valence electrons. The summed E-state index contributed by atoms with van der Waals surface area (Å²) < 4.78 is 4.98. The maximum absolute atomic E-state index is 2.47. The second kappa shape index (κ2) is 14.6. The van der Waals surface area contributed by atoms with Crippen LogP contribution in [0.3, 0.4) is 0 Å². The van der Waals surface area contributed by atoms with Crippen LogP contribution in [0.25, 0.3) is 69.9 Å². The molecule has 1 aliphatic rings. The lowest BCUT2D eigenvalue weighted by atomic mass is 9.67. The van der Waals surface area contributed by atoms with Crippen molar-refractivity contribution in [3.8, 4) is 27.9 Å². The molecule has 64 heavy (non-hydrogen) atoms. The van der Waals surface area contributed by atoms with Gasteiger partial charge < -0.3 is 9.47 Å². The molecule has 12 aromatic rings. The molecule has 2 nitrogen and oxygen atoms in total. The third-order valence-electron chi connectivity index (χ3n) is 13.5. The Balaban J connectivity index is 0.998. The Labute approximate surface area is 376 Å². The zero-order valence-electron chi connectivity index (χ0n) is 34.9. The van der Waals surface area contributed by atoms with Crippen LogP contribution in [0.2, 0.25) is 0 Å². The lowest BCUT2D eigenvalue weighted by Gasteiger charge is -2.35. The van der Waals surface area contributed by atoms with Crippen LogP contribution >= 0.6 is 11.3 Å². The van der Waals surface area contributed by atoms with Crippen molar-refractivity contribution in [1.29, 1.82) is 0 Å². The second-order valence-corrected chi connectivity index (χ2v) is 17.9. The van der Waals surface area contributed by atoms with Crippen molar-refractivity contribution in [1.82, 2.24) is 4.57 Å². The maximum Gasteiger partial charge on any atom is 0.0714 e. The molecule has 13 rings (SSSR count). The molecule has 0 radical (unpaired) electrons. The Kier molecular flexibility index (Phi) is 8.34. The molecule has 0 saturated heterocycles. The summed E-state index contributed by atoms with van der Waals surface area (Å²) in [5.41, 5.74) is 16.4. The molecule has 2 aromatic heterocycles. The van der Waals surface area contributed by atoms with Crippen LogP contribution in [-0.2, 0) is 5.41 Å². The number of rotatable bonds is 7. The van der Waals surface area contributed by atoms with Gasteiger partial charge in [-0.2, -0.15) is 0 Å². The summed E-state index contributed by atoms with van der Waals surface area (Å²) in [6.07, 6.45) is 0. The third kappa shape index (κ3) is 5.51. The van der Waals surface area contributed by atoms with Gasteiger partial charge >= 0.3 is 0 Å². The lowest BCUT2D eigenvalue weighted by Crippen LogP contribution is -2.28. The predicted molar refractivity (Wildman–Crippen MR) is 271 cm³/mol. The second-order valence-electron chi connectivity index (χ2n) is 16.8. The Morgan fingerprint density at radius 3 is 1.64 bits per heavy atom. The lowest BCUT2D eigenvalue weighted by molar-refractivity contribution is 0.768. The standard InChI is InChI=1S/C61H40N2S/c1-3-17-43(18-4-1)61(44-19-5-2-6-20-44)55-26-11-7-22-49(55)50-36-34-48(40-56(50)61)62(47-35-37-60-54(39-47)53-25-10-14-29-59(53)64-60)46-21-15-16-42(38-46)41-30-32-45(33-31-41)63-57-27-12-8-23-51(57)52-24-9-13-28-58(52)63/h1-40H. The van der Waals surface area contributed by atoms with Gasteiger partial charge in [0.1, 0.15) is 0 Å². The molecule has 2 heterocycles. The smallest absolute Gasteiger partial charge is 0.0714 e. The molecule has 0 atom stereocenters. The largest absolute Gasteiger partial charge is 0.310 e. The van der Waals surface area contributed by atoms with E-state index in [-0.39, 0.29) is 0 Å². The van der Waals surface area contributed by atoms with E-state index in [2.05, 4.69) is 252 Å². The number of thiophene rings is 1.